The van der Waals surface area contributed by atoms with Gasteiger partial charge >= 0.3 is 5.97 Å². The molecule has 2 aliphatic heterocycles. The van der Waals surface area contributed by atoms with Gasteiger partial charge in [0.15, 0.2) is 0 Å². The highest BCUT2D eigenvalue weighted by molar-refractivity contribution is 6.32. The molecular formula is C23H20FNO4. The van der Waals surface area contributed by atoms with E-state index in [-0.39, 0.29) is 12.3 Å². The molecule has 0 bridgehead atoms. The number of carboxylic acids is 1. The van der Waals surface area contributed by atoms with Gasteiger partial charge in [-0.05, 0) is 55.7 Å². The van der Waals surface area contributed by atoms with Crippen molar-refractivity contribution in [2.45, 2.75) is 32.3 Å². The number of amides is 1. The Bertz CT molecular complexity index is 1080. The zero-order valence-corrected chi connectivity index (χ0v) is 16.1. The van der Waals surface area contributed by atoms with Crippen LogP contribution in [0, 0.1) is 5.82 Å². The average molecular weight is 393 g/mol. The van der Waals surface area contributed by atoms with Crippen LogP contribution >= 0.6 is 0 Å². The van der Waals surface area contributed by atoms with Gasteiger partial charge in [0.05, 0.1) is 11.3 Å². The van der Waals surface area contributed by atoms with E-state index in [9.17, 15) is 14.0 Å². The molecule has 0 fully saturated rings. The number of hydrogen-bond acceptors (Lipinski definition) is 3. The summed E-state index contributed by atoms with van der Waals surface area (Å²) >= 11 is 0. The number of fused-ring (bicyclic) bond motifs is 1. The predicted octanol–water partition coefficient (Wildman–Crippen LogP) is 4.40. The van der Waals surface area contributed by atoms with Crippen molar-refractivity contribution in [3.63, 3.8) is 0 Å². The maximum Gasteiger partial charge on any atom is 0.303 e. The van der Waals surface area contributed by atoms with Crippen LogP contribution in [0.3, 0.4) is 0 Å². The van der Waals surface area contributed by atoms with Crippen molar-refractivity contribution < 1.29 is 23.8 Å². The van der Waals surface area contributed by atoms with Crippen LogP contribution in [0.2, 0.25) is 0 Å². The minimum atomic E-state index is -0.826. The maximum atomic E-state index is 13.5. The summed E-state index contributed by atoms with van der Waals surface area (Å²) in [5.41, 5.74) is 3.57. The fourth-order valence-corrected chi connectivity index (χ4v) is 3.71. The largest absolute Gasteiger partial charge is 0.482 e. The second-order valence-corrected chi connectivity index (χ2v) is 7.64. The summed E-state index contributed by atoms with van der Waals surface area (Å²) < 4.78 is 19.6. The number of carbonyl (C=O) groups is 2. The molecule has 2 aromatic rings. The number of benzene rings is 2. The predicted molar refractivity (Wildman–Crippen MR) is 107 cm³/mol. The molecule has 0 spiro atoms. The summed E-state index contributed by atoms with van der Waals surface area (Å²) in [6.45, 7) is 3.84. The third-order valence-electron chi connectivity index (χ3n) is 5.15. The van der Waals surface area contributed by atoms with Crippen LogP contribution in [0.5, 0.6) is 0 Å². The summed E-state index contributed by atoms with van der Waals surface area (Å²) in [6.07, 6.45) is 2.40. The minimum absolute atomic E-state index is 0.0853. The molecule has 0 saturated carbocycles. The fourth-order valence-electron chi connectivity index (χ4n) is 3.71. The van der Waals surface area contributed by atoms with E-state index in [1.807, 2.05) is 44.2 Å². The fraction of sp³-hybridized carbons (Fsp3) is 0.217. The first-order chi connectivity index (χ1) is 13.7. The molecule has 29 heavy (non-hydrogen) atoms. The number of anilines is 1. The van der Waals surface area contributed by atoms with Gasteiger partial charge in [0.1, 0.15) is 17.2 Å². The molecule has 148 valence electrons. The van der Waals surface area contributed by atoms with E-state index in [1.54, 1.807) is 6.07 Å². The van der Waals surface area contributed by atoms with E-state index < -0.39 is 17.4 Å². The number of carboxylic acid groups (broad SMARTS) is 1. The van der Waals surface area contributed by atoms with Gasteiger partial charge in [-0.1, -0.05) is 24.3 Å². The number of ether oxygens (including phenoxy) is 1. The lowest BCUT2D eigenvalue weighted by atomic mass is 9.91. The van der Waals surface area contributed by atoms with Crippen molar-refractivity contribution in [3.05, 3.63) is 76.8 Å². The Balaban J connectivity index is 1.71. The van der Waals surface area contributed by atoms with Crippen molar-refractivity contribution >= 4 is 28.7 Å². The van der Waals surface area contributed by atoms with Gasteiger partial charge in [0.25, 0.3) is 5.91 Å². The first-order valence-electron chi connectivity index (χ1n) is 9.32. The lowest BCUT2D eigenvalue weighted by Crippen LogP contribution is -2.21. The minimum Gasteiger partial charge on any atom is -0.482 e. The maximum absolute atomic E-state index is 13.5. The quantitative estimate of drug-likeness (QED) is 0.755. The smallest absolute Gasteiger partial charge is 0.303 e. The Kier molecular flexibility index (Phi) is 4.49. The molecule has 0 aromatic heterocycles. The zero-order valence-electron chi connectivity index (χ0n) is 16.1. The first-order valence-corrected chi connectivity index (χ1v) is 9.32. The lowest BCUT2D eigenvalue weighted by molar-refractivity contribution is -0.137. The highest BCUT2D eigenvalue weighted by atomic mass is 19.1. The van der Waals surface area contributed by atoms with Crippen molar-refractivity contribution in [2.24, 2.45) is 0 Å². The van der Waals surface area contributed by atoms with Crippen LogP contribution in [0.15, 0.2) is 54.3 Å². The van der Waals surface area contributed by atoms with E-state index in [2.05, 4.69) is 5.32 Å². The first kappa shape index (κ1) is 18.9. The van der Waals surface area contributed by atoms with Crippen LogP contribution in [0.1, 0.15) is 37.0 Å². The van der Waals surface area contributed by atoms with E-state index >= 15 is 0 Å². The molecule has 0 radical (unpaired) electrons. The van der Waals surface area contributed by atoms with Crippen LogP contribution in [-0.4, -0.2) is 22.6 Å². The Hall–Kier alpha value is -3.41. The van der Waals surface area contributed by atoms with Gasteiger partial charge in [0, 0.05) is 17.6 Å². The molecule has 4 rings (SSSR count). The van der Waals surface area contributed by atoms with Crippen LogP contribution in [0.4, 0.5) is 10.1 Å². The zero-order chi connectivity index (χ0) is 20.8. The Morgan fingerprint density at radius 1 is 1.17 bits per heavy atom. The summed E-state index contributed by atoms with van der Waals surface area (Å²) in [5.74, 6) is -1.11. The molecule has 2 aromatic carbocycles. The third-order valence-corrected chi connectivity index (χ3v) is 5.15. The van der Waals surface area contributed by atoms with Gasteiger partial charge in [0.2, 0.25) is 0 Å². The molecule has 2 aliphatic rings. The lowest BCUT2D eigenvalue weighted by Gasteiger charge is -2.23. The SMILES string of the molecule is CC1(C)OC(=C2C(=O)Nc3cc(F)ccc32)C=C1c1ccc(CCC(=O)O)cc1. The normalized spacial score (nSPS) is 19.4. The van der Waals surface area contributed by atoms with Crippen molar-refractivity contribution in [1.82, 2.24) is 0 Å². The number of aliphatic carboxylic acids is 1. The number of halogens is 1. The van der Waals surface area contributed by atoms with Gasteiger partial charge in [-0.2, -0.15) is 0 Å². The molecule has 5 nitrogen and oxygen atoms in total. The standard InChI is InChI=1S/C23H20FNO4/c1-23(2)17(14-6-3-13(4-7-14)5-10-20(26)27)12-19(29-23)21-16-9-8-15(24)11-18(16)25-22(21)28/h3-4,6-9,11-12H,5,10H2,1-2H3,(H,25,28)(H,26,27). The molecule has 0 atom stereocenters. The van der Waals surface area contributed by atoms with Gasteiger partial charge < -0.3 is 15.2 Å². The molecule has 0 saturated heterocycles. The van der Waals surface area contributed by atoms with Gasteiger partial charge in [-0.3, -0.25) is 9.59 Å². The number of nitrogens with one attached hydrogen (secondary N) is 1. The Morgan fingerprint density at radius 3 is 2.59 bits per heavy atom. The number of hydrogen-bond donors (Lipinski definition) is 2. The number of carbonyl (C=O) groups excluding carboxylic acids is 1. The third kappa shape index (κ3) is 3.53. The second-order valence-electron chi connectivity index (χ2n) is 7.64. The molecular weight excluding hydrogens is 373 g/mol. The number of allylic oxidation sites excluding steroid dienone is 1. The monoisotopic (exact) mass is 393 g/mol. The summed E-state index contributed by atoms with van der Waals surface area (Å²) in [6, 6.07) is 11.9. The Morgan fingerprint density at radius 2 is 1.90 bits per heavy atom. The molecule has 0 unspecified atom stereocenters. The van der Waals surface area contributed by atoms with E-state index in [0.29, 0.717) is 29.0 Å². The topological polar surface area (TPSA) is 75.6 Å². The highest BCUT2D eigenvalue weighted by Crippen LogP contribution is 2.44. The van der Waals surface area contributed by atoms with Crippen molar-refractivity contribution in [1.29, 1.82) is 0 Å². The van der Waals surface area contributed by atoms with Crippen molar-refractivity contribution in [3.8, 4) is 0 Å². The molecule has 0 aliphatic carbocycles. The van der Waals surface area contributed by atoms with Gasteiger partial charge in [-0.15, -0.1) is 0 Å². The van der Waals surface area contributed by atoms with E-state index in [0.717, 1.165) is 16.7 Å². The molecule has 2 N–H and O–H groups in total. The van der Waals surface area contributed by atoms with E-state index in [4.69, 9.17) is 9.84 Å². The molecule has 1 amide bonds. The van der Waals surface area contributed by atoms with E-state index in [1.165, 1.54) is 12.1 Å². The summed E-state index contributed by atoms with van der Waals surface area (Å²) in [5, 5.41) is 11.5. The summed E-state index contributed by atoms with van der Waals surface area (Å²) in [4.78, 5) is 23.3. The van der Waals surface area contributed by atoms with Crippen LogP contribution in [-0.2, 0) is 20.7 Å². The van der Waals surface area contributed by atoms with Crippen LogP contribution < -0.4 is 5.32 Å². The van der Waals surface area contributed by atoms with Gasteiger partial charge in [-0.25, -0.2) is 4.39 Å². The number of rotatable bonds is 4. The second kappa shape index (κ2) is 6.88. The Labute approximate surface area is 167 Å². The van der Waals surface area contributed by atoms with Crippen LogP contribution in [0.25, 0.3) is 11.1 Å². The van der Waals surface area contributed by atoms with Crippen molar-refractivity contribution in [2.75, 3.05) is 5.32 Å². The average Bonchev–Trinajstić information content (AvgIpc) is 3.14. The molecule has 6 heteroatoms. The summed E-state index contributed by atoms with van der Waals surface area (Å²) in [7, 11) is 0. The molecule has 2 heterocycles. The highest BCUT2D eigenvalue weighted by Gasteiger charge is 2.37. The number of aryl methyl sites for hydroxylation is 1.